The molecule has 1 aromatic carbocycles. The molecule has 5 fully saturated rings. The maximum atomic E-state index is 13.0. The van der Waals surface area contributed by atoms with Crippen molar-refractivity contribution in [1.82, 2.24) is 4.90 Å². The Labute approximate surface area is 194 Å². The molecule has 0 N–H and O–H groups in total. The predicted molar refractivity (Wildman–Crippen MR) is 122 cm³/mol. The maximum Gasteiger partial charge on any atom is 0.311 e. The van der Waals surface area contributed by atoms with E-state index in [-0.39, 0.29) is 51.6 Å². The van der Waals surface area contributed by atoms with Gasteiger partial charge in [0.1, 0.15) is 11.7 Å². The number of non-ortho nitro benzene ring substituents is 1. The van der Waals surface area contributed by atoms with Crippen molar-refractivity contribution in [1.29, 1.82) is 0 Å². The van der Waals surface area contributed by atoms with Gasteiger partial charge in [0.05, 0.1) is 16.9 Å². The summed E-state index contributed by atoms with van der Waals surface area (Å²) in [5, 5.41) is 10.9. The minimum absolute atomic E-state index is 0.000163. The number of nitro groups is 1. The lowest BCUT2D eigenvalue weighted by Gasteiger charge is -2.49. The second-order valence-electron chi connectivity index (χ2n) is 11.1. The molecule has 1 spiro atoms. The smallest absolute Gasteiger partial charge is 0.311 e. The number of piperazine rings is 1. The minimum Gasteiger partial charge on any atom is -0.462 e. The number of epoxide rings is 1. The fourth-order valence-electron chi connectivity index (χ4n) is 7.69. The topological polar surface area (TPSA) is 88.5 Å². The molecule has 8 nitrogen and oxygen atoms in total. The molecule has 5 aliphatic rings. The van der Waals surface area contributed by atoms with Crippen LogP contribution in [0.5, 0.6) is 0 Å². The van der Waals surface area contributed by atoms with Gasteiger partial charge in [-0.1, -0.05) is 20.3 Å². The van der Waals surface area contributed by atoms with Crippen molar-refractivity contribution in [2.75, 3.05) is 37.6 Å². The van der Waals surface area contributed by atoms with Crippen molar-refractivity contribution in [3.8, 4) is 0 Å². The van der Waals surface area contributed by atoms with Gasteiger partial charge >= 0.3 is 5.97 Å². The highest BCUT2D eigenvalue weighted by molar-refractivity contribution is 5.76. The molecule has 0 amide bonds. The van der Waals surface area contributed by atoms with Crippen LogP contribution in [-0.2, 0) is 14.3 Å². The van der Waals surface area contributed by atoms with Gasteiger partial charge in [-0.2, -0.15) is 0 Å². The molecular formula is C25H33N3O5. The van der Waals surface area contributed by atoms with E-state index in [4.69, 9.17) is 9.47 Å². The highest BCUT2D eigenvalue weighted by atomic mass is 16.6. The molecule has 7 atom stereocenters. The zero-order chi connectivity index (χ0) is 23.0. The number of rotatable bonds is 4. The number of nitro benzene ring substituents is 1. The number of hydrogen-bond acceptors (Lipinski definition) is 7. The van der Waals surface area contributed by atoms with Crippen LogP contribution in [0.1, 0.15) is 39.5 Å². The third-order valence-electron chi connectivity index (χ3n) is 9.45. The van der Waals surface area contributed by atoms with Gasteiger partial charge in [-0.15, -0.1) is 0 Å². The van der Waals surface area contributed by atoms with Crippen LogP contribution in [0.15, 0.2) is 24.3 Å². The van der Waals surface area contributed by atoms with E-state index in [1.54, 1.807) is 12.1 Å². The second kappa shape index (κ2) is 7.40. The Balaban J connectivity index is 1.11. The van der Waals surface area contributed by atoms with Gasteiger partial charge in [0.15, 0.2) is 0 Å². The van der Waals surface area contributed by atoms with Gasteiger partial charge in [-0.3, -0.25) is 19.8 Å². The summed E-state index contributed by atoms with van der Waals surface area (Å²) in [5.41, 5.74) is 1.20. The molecule has 2 saturated carbocycles. The van der Waals surface area contributed by atoms with Crippen LogP contribution >= 0.6 is 0 Å². The zero-order valence-electron chi connectivity index (χ0n) is 19.4. The summed E-state index contributed by atoms with van der Waals surface area (Å²) >= 11 is 0. The van der Waals surface area contributed by atoms with Crippen molar-refractivity contribution in [3.05, 3.63) is 34.4 Å². The number of carbonyl (C=O) groups excluding carboxylic acids is 1. The summed E-state index contributed by atoms with van der Waals surface area (Å²) in [4.78, 5) is 28.1. The van der Waals surface area contributed by atoms with Gasteiger partial charge in [-0.25, -0.2) is 0 Å². The first kappa shape index (κ1) is 21.4. The quantitative estimate of drug-likeness (QED) is 0.298. The third kappa shape index (κ3) is 3.13. The number of esters is 1. The first-order chi connectivity index (χ1) is 15.8. The van der Waals surface area contributed by atoms with E-state index in [1.807, 2.05) is 12.1 Å². The number of fused-ring (bicyclic) bond motifs is 2. The van der Waals surface area contributed by atoms with E-state index in [0.29, 0.717) is 5.92 Å². The lowest BCUT2D eigenvalue weighted by Crippen LogP contribution is -2.55. The van der Waals surface area contributed by atoms with Crippen molar-refractivity contribution in [2.24, 2.45) is 23.2 Å². The highest BCUT2D eigenvalue weighted by Crippen LogP contribution is 2.70. The van der Waals surface area contributed by atoms with Gasteiger partial charge in [-0.05, 0) is 37.3 Å². The molecule has 8 heteroatoms. The number of ether oxygens (including phenoxy) is 2. The number of benzene rings is 1. The van der Waals surface area contributed by atoms with Crippen LogP contribution in [0.4, 0.5) is 11.4 Å². The van der Waals surface area contributed by atoms with Crippen molar-refractivity contribution in [2.45, 2.75) is 57.3 Å². The molecule has 0 unspecified atom stereocenters. The van der Waals surface area contributed by atoms with E-state index in [9.17, 15) is 14.9 Å². The fraction of sp³-hybridized carbons (Fsp3) is 0.720. The van der Waals surface area contributed by atoms with Crippen LogP contribution in [0, 0.1) is 33.3 Å². The van der Waals surface area contributed by atoms with Crippen molar-refractivity contribution in [3.63, 3.8) is 0 Å². The SMILES string of the molecule is C[C@H]1CCC[C@]2(C)C[C@H]3OC(=O)[C@H](CN4CCN(c5ccc([N+](=O)[O-])cc5)CC4)[C@H]3[C@@H]3O[C@@]132. The average molecular weight is 456 g/mol. The Kier molecular flexibility index (Phi) is 4.79. The van der Waals surface area contributed by atoms with E-state index in [2.05, 4.69) is 23.6 Å². The van der Waals surface area contributed by atoms with E-state index < -0.39 is 0 Å². The van der Waals surface area contributed by atoms with Crippen LogP contribution in [-0.4, -0.2) is 66.3 Å². The number of anilines is 1. The molecule has 0 bridgehead atoms. The summed E-state index contributed by atoms with van der Waals surface area (Å²) in [6.07, 6.45) is 4.73. The molecule has 178 valence electrons. The number of hydrogen-bond donors (Lipinski definition) is 0. The van der Waals surface area contributed by atoms with Crippen molar-refractivity contribution >= 4 is 17.3 Å². The summed E-state index contributed by atoms with van der Waals surface area (Å²) in [6.45, 7) is 8.83. The molecule has 33 heavy (non-hydrogen) atoms. The van der Waals surface area contributed by atoms with Crippen LogP contribution < -0.4 is 4.90 Å². The van der Waals surface area contributed by atoms with Crippen molar-refractivity contribution < 1.29 is 19.2 Å². The lowest BCUT2D eigenvalue weighted by atomic mass is 9.53. The van der Waals surface area contributed by atoms with Gasteiger partial charge in [0, 0.05) is 61.9 Å². The molecule has 0 radical (unpaired) electrons. The molecule has 2 aliphatic carbocycles. The van der Waals surface area contributed by atoms with Crippen LogP contribution in [0.2, 0.25) is 0 Å². The minimum atomic E-state index is -0.370. The highest BCUT2D eigenvalue weighted by Gasteiger charge is 2.78. The van der Waals surface area contributed by atoms with E-state index in [0.717, 1.165) is 44.8 Å². The Morgan fingerprint density at radius 2 is 1.91 bits per heavy atom. The summed E-state index contributed by atoms with van der Waals surface area (Å²) < 4.78 is 12.5. The molecule has 0 aromatic heterocycles. The fourth-order valence-corrected chi connectivity index (χ4v) is 7.69. The van der Waals surface area contributed by atoms with E-state index in [1.165, 1.54) is 19.3 Å². The van der Waals surface area contributed by atoms with E-state index >= 15 is 0 Å². The average Bonchev–Trinajstić information content (AvgIpc) is 3.49. The standard InChI is InChI=1S/C25H33N3O5/c1-16-4-3-9-24(2)14-20-21(22-25(16,24)33-22)19(23(29)32-20)15-26-10-12-27(13-11-26)17-5-7-18(8-6-17)28(30)31/h5-8,16,19-22H,3-4,9-15H2,1-2H3/t16-,19+,20+,21+,22-,24+,25-/m0/s1. The Bertz CT molecular complexity index is 961. The molecule has 3 heterocycles. The number of nitrogens with zero attached hydrogens (tertiary/aromatic N) is 3. The molecule has 3 aliphatic heterocycles. The largest absolute Gasteiger partial charge is 0.462 e. The number of carbonyl (C=O) groups is 1. The van der Waals surface area contributed by atoms with Gasteiger partial charge in [0.2, 0.25) is 0 Å². The predicted octanol–water partition coefficient (Wildman–Crippen LogP) is 3.24. The van der Waals surface area contributed by atoms with Gasteiger partial charge < -0.3 is 14.4 Å². The second-order valence-corrected chi connectivity index (χ2v) is 11.1. The Hall–Kier alpha value is -2.19. The van der Waals surface area contributed by atoms with Gasteiger partial charge in [0.25, 0.3) is 5.69 Å². The summed E-state index contributed by atoms with van der Waals surface area (Å²) in [5.74, 6) is 0.579. The zero-order valence-corrected chi connectivity index (χ0v) is 19.4. The van der Waals surface area contributed by atoms with Crippen LogP contribution in [0.25, 0.3) is 0 Å². The molecular weight excluding hydrogens is 422 g/mol. The monoisotopic (exact) mass is 455 g/mol. The molecule has 6 rings (SSSR count). The molecule has 1 aromatic rings. The third-order valence-corrected chi connectivity index (χ3v) is 9.45. The first-order valence-corrected chi connectivity index (χ1v) is 12.4. The Morgan fingerprint density at radius 1 is 1.18 bits per heavy atom. The summed E-state index contributed by atoms with van der Waals surface area (Å²) in [7, 11) is 0. The first-order valence-electron chi connectivity index (χ1n) is 12.4. The maximum absolute atomic E-state index is 13.0. The summed E-state index contributed by atoms with van der Waals surface area (Å²) in [6, 6.07) is 6.76. The Morgan fingerprint density at radius 3 is 2.61 bits per heavy atom. The van der Waals surface area contributed by atoms with Crippen LogP contribution in [0.3, 0.4) is 0 Å². The molecule has 3 saturated heterocycles. The normalized spacial score (nSPS) is 42.2. The lowest BCUT2D eigenvalue weighted by molar-refractivity contribution is -0.384.